The van der Waals surface area contributed by atoms with Crippen molar-refractivity contribution in [3.63, 3.8) is 0 Å². The van der Waals surface area contributed by atoms with Gasteiger partial charge in [-0.3, -0.25) is 0 Å². The Bertz CT molecular complexity index is 569. The van der Waals surface area contributed by atoms with Crippen LogP contribution in [0.15, 0.2) is 46.9 Å². The molecule has 106 valence electrons. The van der Waals surface area contributed by atoms with E-state index in [1.165, 1.54) is 5.56 Å². The van der Waals surface area contributed by atoms with E-state index in [1.807, 2.05) is 24.3 Å². The molecule has 0 amide bonds. The second kappa shape index (κ2) is 7.46. The van der Waals surface area contributed by atoms with Crippen molar-refractivity contribution in [3.05, 3.63) is 68.1 Å². The minimum Gasteiger partial charge on any atom is -0.396 e. The van der Waals surface area contributed by atoms with E-state index >= 15 is 0 Å². The number of halogens is 3. The number of hydrogen-bond acceptors (Lipinski definition) is 1. The Morgan fingerprint density at radius 2 is 1.70 bits per heavy atom. The van der Waals surface area contributed by atoms with E-state index < -0.39 is 0 Å². The third-order valence-electron chi connectivity index (χ3n) is 3.22. The maximum atomic E-state index is 9.57. The van der Waals surface area contributed by atoms with Crippen LogP contribution in [0.2, 0.25) is 10.0 Å². The first kappa shape index (κ1) is 15.8. The lowest BCUT2D eigenvalue weighted by Crippen LogP contribution is -2.13. The second-order valence-corrected chi connectivity index (χ2v) is 6.58. The molecule has 1 unspecified atom stereocenters. The van der Waals surface area contributed by atoms with Crippen molar-refractivity contribution in [2.75, 3.05) is 6.61 Å². The quantitative estimate of drug-likeness (QED) is 0.768. The zero-order valence-corrected chi connectivity index (χ0v) is 13.9. The number of benzene rings is 2. The Morgan fingerprint density at radius 1 is 1.00 bits per heavy atom. The van der Waals surface area contributed by atoms with Crippen LogP contribution in [-0.4, -0.2) is 11.7 Å². The molecule has 0 aliphatic carbocycles. The van der Waals surface area contributed by atoms with Crippen LogP contribution < -0.4 is 0 Å². The lowest BCUT2D eigenvalue weighted by atomic mass is 9.93. The van der Waals surface area contributed by atoms with Crippen LogP contribution in [-0.2, 0) is 12.8 Å². The van der Waals surface area contributed by atoms with Gasteiger partial charge in [-0.1, -0.05) is 57.3 Å². The lowest BCUT2D eigenvalue weighted by Gasteiger charge is -2.15. The van der Waals surface area contributed by atoms with Gasteiger partial charge in [-0.15, -0.1) is 0 Å². The number of aliphatic hydroxyl groups excluding tert-OH is 1. The number of hydrogen-bond donors (Lipinski definition) is 1. The minimum absolute atomic E-state index is 0.134. The molecule has 0 saturated carbocycles. The largest absolute Gasteiger partial charge is 0.396 e. The van der Waals surface area contributed by atoms with Crippen LogP contribution in [0.3, 0.4) is 0 Å². The maximum absolute atomic E-state index is 9.57. The fraction of sp³-hybridized carbons (Fsp3) is 0.250. The molecule has 1 nitrogen and oxygen atoms in total. The van der Waals surface area contributed by atoms with Crippen molar-refractivity contribution < 1.29 is 5.11 Å². The minimum atomic E-state index is 0.134. The summed E-state index contributed by atoms with van der Waals surface area (Å²) in [6.45, 7) is 0.134. The Morgan fingerprint density at radius 3 is 2.30 bits per heavy atom. The van der Waals surface area contributed by atoms with E-state index in [4.69, 9.17) is 23.2 Å². The average molecular weight is 374 g/mol. The summed E-state index contributed by atoms with van der Waals surface area (Å²) in [5.74, 6) is 0.148. The predicted octanol–water partition coefficient (Wildman–Crippen LogP) is 5.15. The molecule has 0 saturated heterocycles. The lowest BCUT2D eigenvalue weighted by molar-refractivity contribution is 0.225. The van der Waals surface area contributed by atoms with E-state index in [-0.39, 0.29) is 12.5 Å². The van der Waals surface area contributed by atoms with Gasteiger partial charge in [0.15, 0.2) is 0 Å². The van der Waals surface area contributed by atoms with Crippen molar-refractivity contribution >= 4 is 39.1 Å². The van der Waals surface area contributed by atoms with Crippen molar-refractivity contribution in [2.45, 2.75) is 12.8 Å². The Hall–Kier alpha value is -0.540. The molecule has 0 aliphatic rings. The molecule has 1 atom stereocenters. The smallest absolute Gasteiger partial charge is 0.0465 e. The normalized spacial score (nSPS) is 12.4. The zero-order chi connectivity index (χ0) is 14.5. The molecule has 0 aliphatic heterocycles. The first-order valence-corrected chi connectivity index (χ1v) is 7.92. The van der Waals surface area contributed by atoms with Gasteiger partial charge >= 0.3 is 0 Å². The van der Waals surface area contributed by atoms with Gasteiger partial charge in [0, 0.05) is 21.1 Å². The van der Waals surface area contributed by atoms with Crippen LogP contribution in [0.25, 0.3) is 0 Å². The molecule has 0 bridgehead atoms. The monoisotopic (exact) mass is 372 g/mol. The summed E-state index contributed by atoms with van der Waals surface area (Å²) in [5, 5.41) is 10.9. The summed E-state index contributed by atoms with van der Waals surface area (Å²) in [4.78, 5) is 0. The fourth-order valence-electron chi connectivity index (χ4n) is 2.15. The van der Waals surface area contributed by atoms with Gasteiger partial charge in [0.05, 0.1) is 0 Å². The van der Waals surface area contributed by atoms with E-state index in [0.29, 0.717) is 10.0 Å². The SMILES string of the molecule is OCC(Cc1ccc(Br)cc1)Cc1ccc(Cl)cc1Cl. The van der Waals surface area contributed by atoms with Gasteiger partial charge < -0.3 is 5.11 Å². The summed E-state index contributed by atoms with van der Waals surface area (Å²) in [6, 6.07) is 13.7. The highest BCUT2D eigenvalue weighted by Gasteiger charge is 2.12. The predicted molar refractivity (Wildman–Crippen MR) is 88.6 cm³/mol. The Balaban J connectivity index is 2.07. The topological polar surface area (TPSA) is 20.2 Å². The molecule has 2 rings (SSSR count). The van der Waals surface area contributed by atoms with Crippen LogP contribution in [0, 0.1) is 5.92 Å². The van der Waals surface area contributed by atoms with Gasteiger partial charge in [0.1, 0.15) is 0 Å². The third kappa shape index (κ3) is 4.49. The standard InChI is InChI=1S/C16H15BrCl2O/c17-14-4-1-11(2-5-14)7-12(10-20)8-13-3-6-15(18)9-16(13)19/h1-6,9,12,20H,7-8,10H2. The van der Waals surface area contributed by atoms with Crippen LogP contribution in [0.5, 0.6) is 0 Å². The van der Waals surface area contributed by atoms with Crippen molar-refractivity contribution in [1.82, 2.24) is 0 Å². The first-order valence-electron chi connectivity index (χ1n) is 6.37. The molecular formula is C16H15BrCl2O. The molecule has 0 fully saturated rings. The molecule has 0 heterocycles. The van der Waals surface area contributed by atoms with Gasteiger partial charge in [0.25, 0.3) is 0 Å². The molecule has 2 aromatic rings. The third-order valence-corrected chi connectivity index (χ3v) is 4.34. The highest BCUT2D eigenvalue weighted by molar-refractivity contribution is 9.10. The summed E-state index contributed by atoms with van der Waals surface area (Å²) >= 11 is 15.5. The van der Waals surface area contributed by atoms with Gasteiger partial charge in [-0.2, -0.15) is 0 Å². The molecule has 0 radical (unpaired) electrons. The Kier molecular flexibility index (Phi) is 5.91. The summed E-state index contributed by atoms with van der Waals surface area (Å²) in [5.41, 5.74) is 2.23. The van der Waals surface area contributed by atoms with Gasteiger partial charge in [-0.25, -0.2) is 0 Å². The van der Waals surface area contributed by atoms with Gasteiger partial charge in [0.2, 0.25) is 0 Å². The summed E-state index contributed by atoms with van der Waals surface area (Å²) < 4.78 is 1.06. The number of rotatable bonds is 5. The molecule has 0 aromatic heterocycles. The van der Waals surface area contributed by atoms with Crippen LogP contribution >= 0.6 is 39.1 Å². The van der Waals surface area contributed by atoms with Crippen LogP contribution in [0.4, 0.5) is 0 Å². The highest BCUT2D eigenvalue weighted by atomic mass is 79.9. The molecule has 2 aromatic carbocycles. The second-order valence-electron chi connectivity index (χ2n) is 4.82. The first-order chi connectivity index (χ1) is 9.58. The molecule has 4 heteroatoms. The fourth-order valence-corrected chi connectivity index (χ4v) is 2.90. The number of aliphatic hydroxyl groups is 1. The average Bonchev–Trinajstić information content (AvgIpc) is 2.43. The summed E-state index contributed by atoms with van der Waals surface area (Å²) in [6.07, 6.45) is 1.56. The summed E-state index contributed by atoms with van der Waals surface area (Å²) in [7, 11) is 0. The zero-order valence-electron chi connectivity index (χ0n) is 10.8. The van der Waals surface area contributed by atoms with Crippen molar-refractivity contribution in [2.24, 2.45) is 5.92 Å². The van der Waals surface area contributed by atoms with E-state index in [1.54, 1.807) is 6.07 Å². The van der Waals surface area contributed by atoms with E-state index in [9.17, 15) is 5.11 Å². The van der Waals surface area contributed by atoms with E-state index in [0.717, 1.165) is 22.9 Å². The molecular weight excluding hydrogens is 359 g/mol. The Labute approximate surface area is 137 Å². The van der Waals surface area contributed by atoms with Crippen molar-refractivity contribution in [3.8, 4) is 0 Å². The van der Waals surface area contributed by atoms with Crippen LogP contribution in [0.1, 0.15) is 11.1 Å². The molecule has 1 N–H and O–H groups in total. The molecule has 20 heavy (non-hydrogen) atoms. The van der Waals surface area contributed by atoms with E-state index in [2.05, 4.69) is 28.1 Å². The highest BCUT2D eigenvalue weighted by Crippen LogP contribution is 2.25. The van der Waals surface area contributed by atoms with Crippen molar-refractivity contribution in [1.29, 1.82) is 0 Å². The van der Waals surface area contributed by atoms with Gasteiger partial charge in [-0.05, 0) is 54.2 Å². The maximum Gasteiger partial charge on any atom is 0.0465 e. The molecule has 0 spiro atoms.